The van der Waals surface area contributed by atoms with Crippen molar-refractivity contribution in [3.05, 3.63) is 23.8 Å². The molecule has 8 unspecified atom stereocenters. The number of carbonyl (C=O) groups excluding carboxylic acids is 2. The van der Waals surface area contributed by atoms with Gasteiger partial charge >= 0.3 is 0 Å². The number of alkyl halides is 1. The molecular weight excluding hydrogens is 566 g/mol. The molecule has 3 fully saturated rings. The molecule has 10 nitrogen and oxygen atoms in total. The molecule has 0 aliphatic carbocycles. The molecular formula is C32H56F2N8O2. The summed E-state index contributed by atoms with van der Waals surface area (Å²) in [5.74, 6) is -1.41. The quantitative estimate of drug-likeness (QED) is 0.264. The molecule has 8 atom stereocenters. The predicted molar refractivity (Wildman–Crippen MR) is 170 cm³/mol. The Labute approximate surface area is 262 Å². The van der Waals surface area contributed by atoms with E-state index in [2.05, 4.69) is 38.0 Å². The zero-order valence-electron chi connectivity index (χ0n) is 27.4. The molecule has 2 amide bonds. The van der Waals surface area contributed by atoms with Gasteiger partial charge in [0.2, 0.25) is 11.8 Å². The highest BCUT2D eigenvalue weighted by molar-refractivity contribution is 5.80. The van der Waals surface area contributed by atoms with E-state index in [1.54, 1.807) is 6.08 Å². The van der Waals surface area contributed by atoms with Gasteiger partial charge in [0.1, 0.15) is 11.5 Å². The fraction of sp³-hybridized carbons (Fsp3) is 0.812. The lowest BCUT2D eigenvalue weighted by atomic mass is 9.75. The Morgan fingerprint density at radius 3 is 2.45 bits per heavy atom. The zero-order chi connectivity index (χ0) is 32.0. The van der Waals surface area contributed by atoms with Gasteiger partial charge < -0.3 is 31.9 Å². The fourth-order valence-electron chi connectivity index (χ4n) is 7.02. The number of nitrogens with two attached hydrogens (primary N) is 1. The lowest BCUT2D eigenvalue weighted by Gasteiger charge is -2.53. The summed E-state index contributed by atoms with van der Waals surface area (Å²) in [6.45, 7) is 15.0. The Balaban J connectivity index is 1.53. The number of halogens is 2. The fourth-order valence-corrected chi connectivity index (χ4v) is 7.02. The van der Waals surface area contributed by atoms with E-state index >= 15 is 4.39 Å². The number of rotatable bonds is 9. The van der Waals surface area contributed by atoms with Crippen LogP contribution < -0.4 is 27.0 Å². The van der Waals surface area contributed by atoms with Crippen LogP contribution in [0.15, 0.2) is 23.8 Å². The van der Waals surface area contributed by atoms with Crippen molar-refractivity contribution in [3.63, 3.8) is 0 Å². The van der Waals surface area contributed by atoms with Gasteiger partial charge in [0.15, 0.2) is 0 Å². The minimum atomic E-state index is -1.59. The molecule has 4 aliphatic heterocycles. The van der Waals surface area contributed by atoms with Crippen molar-refractivity contribution in [3.8, 4) is 0 Å². The summed E-state index contributed by atoms with van der Waals surface area (Å²) in [6.07, 6.45) is 5.14. The molecule has 0 aromatic heterocycles. The highest BCUT2D eigenvalue weighted by atomic mass is 19.1. The van der Waals surface area contributed by atoms with E-state index in [-0.39, 0.29) is 42.4 Å². The van der Waals surface area contributed by atoms with Gasteiger partial charge in [-0.25, -0.2) is 8.78 Å². The standard InChI is InChI=1S/C32H56F2N8O2/c1-6-21(3)25-10-9-24(33)17-37-23(5)28(30(35)38-25)31(44)39-26-18-36-20-32(34,22(4)7-2)29(26)42-15-13-41(14-16-42)27(43)19-40-11-8-12-40/h10,17,21-23,26,28-30,36-38H,6-9,11-16,18-20,35H2,1-5H3,(H,39,44)/b24-17+,25-10-. The number of amides is 2. The summed E-state index contributed by atoms with van der Waals surface area (Å²) < 4.78 is 31.8. The average Bonchev–Trinajstić information content (AvgIpc) is 2.99. The summed E-state index contributed by atoms with van der Waals surface area (Å²) in [5, 5.41) is 12.8. The monoisotopic (exact) mass is 622 g/mol. The van der Waals surface area contributed by atoms with E-state index in [0.29, 0.717) is 45.7 Å². The summed E-state index contributed by atoms with van der Waals surface area (Å²) in [7, 11) is 0. The molecule has 4 heterocycles. The number of nitrogens with one attached hydrogen (secondary N) is 4. The van der Waals surface area contributed by atoms with Gasteiger partial charge in [-0.15, -0.1) is 0 Å². The van der Waals surface area contributed by atoms with Crippen molar-refractivity contribution >= 4 is 11.8 Å². The van der Waals surface area contributed by atoms with E-state index in [4.69, 9.17) is 5.73 Å². The molecule has 4 aliphatic rings. The van der Waals surface area contributed by atoms with Crippen LogP contribution in [0, 0.1) is 17.8 Å². The van der Waals surface area contributed by atoms with Gasteiger partial charge in [-0.3, -0.25) is 19.4 Å². The van der Waals surface area contributed by atoms with Gasteiger partial charge in [-0.1, -0.05) is 40.2 Å². The highest BCUT2D eigenvalue weighted by Gasteiger charge is 2.53. The molecule has 250 valence electrons. The number of allylic oxidation sites excluding steroid dienone is 3. The molecule has 12 heteroatoms. The highest BCUT2D eigenvalue weighted by Crippen LogP contribution is 2.36. The number of carbonyl (C=O) groups is 2. The van der Waals surface area contributed by atoms with Gasteiger partial charge in [0, 0.05) is 63.6 Å². The molecule has 0 aromatic carbocycles. The second-order valence-corrected chi connectivity index (χ2v) is 13.4. The Kier molecular flexibility index (Phi) is 12.1. The Morgan fingerprint density at radius 1 is 1.14 bits per heavy atom. The Hall–Kier alpha value is -2.28. The molecule has 0 aromatic rings. The molecule has 3 saturated heterocycles. The maximum absolute atomic E-state index is 17.2. The molecule has 6 N–H and O–H groups in total. The van der Waals surface area contributed by atoms with Crippen LogP contribution in [0.1, 0.15) is 60.3 Å². The first-order valence-corrected chi connectivity index (χ1v) is 16.7. The second kappa shape index (κ2) is 15.3. The maximum Gasteiger partial charge on any atom is 0.236 e. The number of hydrogen-bond donors (Lipinski definition) is 5. The van der Waals surface area contributed by atoms with E-state index in [0.717, 1.165) is 31.6 Å². The van der Waals surface area contributed by atoms with Crippen molar-refractivity contribution in [2.75, 3.05) is 58.9 Å². The van der Waals surface area contributed by atoms with E-state index < -0.39 is 35.9 Å². The van der Waals surface area contributed by atoms with Crippen LogP contribution in [0.2, 0.25) is 0 Å². The Bertz CT molecular complexity index is 1050. The average molecular weight is 623 g/mol. The lowest BCUT2D eigenvalue weighted by molar-refractivity contribution is -0.137. The lowest BCUT2D eigenvalue weighted by Crippen LogP contribution is -2.74. The van der Waals surface area contributed by atoms with Crippen molar-refractivity contribution in [2.24, 2.45) is 23.5 Å². The smallest absolute Gasteiger partial charge is 0.236 e. The van der Waals surface area contributed by atoms with Crippen LogP contribution in [0.5, 0.6) is 0 Å². The van der Waals surface area contributed by atoms with E-state index in [1.165, 1.54) is 6.20 Å². The normalized spacial score (nSPS) is 36.3. The summed E-state index contributed by atoms with van der Waals surface area (Å²) >= 11 is 0. The van der Waals surface area contributed by atoms with Crippen LogP contribution >= 0.6 is 0 Å². The minimum Gasteiger partial charge on any atom is -0.385 e. The van der Waals surface area contributed by atoms with Crippen LogP contribution in [0.25, 0.3) is 0 Å². The van der Waals surface area contributed by atoms with Gasteiger partial charge in [-0.05, 0) is 44.7 Å². The topological polar surface area (TPSA) is 118 Å². The summed E-state index contributed by atoms with van der Waals surface area (Å²) in [5.41, 5.74) is 5.89. The van der Waals surface area contributed by atoms with Crippen molar-refractivity contribution in [1.82, 2.24) is 36.0 Å². The number of likely N-dealkylation sites (tertiary alicyclic amines) is 1. The van der Waals surface area contributed by atoms with Gasteiger partial charge in [-0.2, -0.15) is 0 Å². The van der Waals surface area contributed by atoms with Crippen LogP contribution in [0.3, 0.4) is 0 Å². The third-order valence-corrected chi connectivity index (χ3v) is 10.5. The first-order chi connectivity index (χ1) is 21.0. The van der Waals surface area contributed by atoms with Crippen LogP contribution in [-0.4, -0.2) is 115 Å². The van der Waals surface area contributed by atoms with Gasteiger partial charge in [0.05, 0.1) is 30.7 Å². The van der Waals surface area contributed by atoms with E-state index in [9.17, 15) is 14.0 Å². The number of piperazine rings is 1. The Morgan fingerprint density at radius 2 is 1.84 bits per heavy atom. The number of piperidine rings is 1. The second-order valence-electron chi connectivity index (χ2n) is 13.4. The predicted octanol–water partition coefficient (Wildman–Crippen LogP) is 1.66. The van der Waals surface area contributed by atoms with Crippen LogP contribution in [-0.2, 0) is 9.59 Å². The SMILES string of the molecule is CCC(C)/C1=C/C/C(F)=C\NC(C)C(C(=O)NC2CNCC(F)(C(C)CC)C2N2CCN(C(=O)CN3CCC3)CC2)C(N)N1. The summed E-state index contributed by atoms with van der Waals surface area (Å²) in [4.78, 5) is 33.2. The van der Waals surface area contributed by atoms with Gasteiger partial charge in [0.25, 0.3) is 0 Å². The number of nitrogens with zero attached hydrogens (tertiary/aromatic N) is 3. The largest absolute Gasteiger partial charge is 0.385 e. The third kappa shape index (κ3) is 7.92. The van der Waals surface area contributed by atoms with Crippen molar-refractivity contribution in [1.29, 1.82) is 0 Å². The van der Waals surface area contributed by atoms with Crippen LogP contribution in [0.4, 0.5) is 8.78 Å². The number of hydrogen-bond acceptors (Lipinski definition) is 8. The summed E-state index contributed by atoms with van der Waals surface area (Å²) in [6, 6.07) is -1.58. The molecule has 0 spiro atoms. The first-order valence-electron chi connectivity index (χ1n) is 16.7. The molecule has 0 saturated carbocycles. The molecule has 0 radical (unpaired) electrons. The van der Waals surface area contributed by atoms with Crippen molar-refractivity contribution < 1.29 is 18.4 Å². The first kappa shape index (κ1) is 34.6. The molecule has 0 bridgehead atoms. The maximum atomic E-state index is 17.2. The zero-order valence-corrected chi connectivity index (χ0v) is 27.4. The minimum absolute atomic E-state index is 0.117. The molecule has 44 heavy (non-hydrogen) atoms. The van der Waals surface area contributed by atoms with Crippen molar-refractivity contribution in [2.45, 2.75) is 90.3 Å². The third-order valence-electron chi connectivity index (χ3n) is 10.5. The van der Waals surface area contributed by atoms with E-state index in [1.807, 2.05) is 32.6 Å². The molecule has 4 rings (SSSR count).